The van der Waals surface area contributed by atoms with Gasteiger partial charge in [0.25, 0.3) is 10.0 Å². The highest BCUT2D eigenvalue weighted by atomic mass is 79.9. The quantitative estimate of drug-likeness (QED) is 0.877. The van der Waals surface area contributed by atoms with Crippen LogP contribution in [0.1, 0.15) is 0 Å². The highest BCUT2D eigenvalue weighted by Crippen LogP contribution is 2.35. The zero-order valence-corrected chi connectivity index (χ0v) is 13.8. The lowest BCUT2D eigenvalue weighted by Crippen LogP contribution is -2.12. The van der Waals surface area contributed by atoms with Gasteiger partial charge in [-0.1, -0.05) is 11.6 Å². The van der Waals surface area contributed by atoms with Gasteiger partial charge in [0.15, 0.2) is 5.82 Å². The molecule has 0 bridgehead atoms. The Kier molecular flexibility index (Phi) is 4.09. The SMILES string of the molecule is COc1cc(NS(=O)(=O)c2cc(Cl)c(Br)s2)nn1C. The Bertz CT molecular complexity index is 691. The fourth-order valence-corrected chi connectivity index (χ4v) is 4.72. The number of methoxy groups -OCH3 is 1. The van der Waals surface area contributed by atoms with Gasteiger partial charge in [-0.3, -0.25) is 4.72 Å². The average molecular weight is 387 g/mol. The van der Waals surface area contributed by atoms with Crippen molar-refractivity contribution in [3.8, 4) is 5.88 Å². The molecule has 0 fully saturated rings. The van der Waals surface area contributed by atoms with Gasteiger partial charge in [0.2, 0.25) is 5.88 Å². The van der Waals surface area contributed by atoms with Crippen molar-refractivity contribution in [2.24, 2.45) is 7.05 Å². The maximum Gasteiger partial charge on any atom is 0.272 e. The second kappa shape index (κ2) is 5.31. The number of aryl methyl sites for hydroxylation is 1. The van der Waals surface area contributed by atoms with Gasteiger partial charge in [0.05, 0.1) is 15.9 Å². The number of hydrogen-bond donors (Lipinski definition) is 1. The summed E-state index contributed by atoms with van der Waals surface area (Å²) in [7, 11) is -0.578. The zero-order valence-electron chi connectivity index (χ0n) is 9.85. The summed E-state index contributed by atoms with van der Waals surface area (Å²) < 4.78 is 33.7. The van der Waals surface area contributed by atoms with Gasteiger partial charge in [-0.15, -0.1) is 11.3 Å². The minimum absolute atomic E-state index is 0.106. The Morgan fingerprint density at radius 1 is 1.53 bits per heavy atom. The molecule has 10 heteroatoms. The number of ether oxygens (including phenoxy) is 1. The van der Waals surface area contributed by atoms with E-state index in [4.69, 9.17) is 16.3 Å². The number of anilines is 1. The summed E-state index contributed by atoms with van der Waals surface area (Å²) in [5.74, 6) is 0.628. The van der Waals surface area contributed by atoms with E-state index in [1.54, 1.807) is 7.05 Å². The molecular formula is C9H9BrClN3O3S2. The van der Waals surface area contributed by atoms with Crippen molar-refractivity contribution < 1.29 is 13.2 Å². The number of nitrogens with zero attached hydrogens (tertiary/aromatic N) is 2. The lowest BCUT2D eigenvalue weighted by atomic mass is 10.6. The zero-order chi connectivity index (χ0) is 14.2. The molecule has 6 nitrogen and oxygen atoms in total. The molecule has 0 aliphatic heterocycles. The van der Waals surface area contributed by atoms with E-state index in [1.165, 1.54) is 23.9 Å². The molecule has 0 aromatic carbocycles. The van der Waals surface area contributed by atoms with Gasteiger partial charge >= 0.3 is 0 Å². The van der Waals surface area contributed by atoms with Crippen LogP contribution in [-0.4, -0.2) is 25.3 Å². The molecule has 0 saturated carbocycles. The third kappa shape index (κ3) is 3.04. The minimum atomic E-state index is -3.70. The van der Waals surface area contributed by atoms with E-state index in [0.717, 1.165) is 11.3 Å². The Morgan fingerprint density at radius 3 is 2.68 bits per heavy atom. The largest absolute Gasteiger partial charge is 0.481 e. The van der Waals surface area contributed by atoms with Gasteiger partial charge in [0, 0.05) is 13.1 Å². The standard InChI is InChI=1S/C9H9BrClN3O3S2/c1-14-7(17-2)4-6(12-14)13-19(15,16)8-3-5(11)9(10)18-8/h3-4H,1-2H3,(H,12,13). The molecule has 0 aliphatic rings. The fraction of sp³-hybridized carbons (Fsp3) is 0.222. The van der Waals surface area contributed by atoms with Gasteiger partial charge < -0.3 is 4.74 Å². The van der Waals surface area contributed by atoms with E-state index in [2.05, 4.69) is 25.8 Å². The van der Waals surface area contributed by atoms with Crippen LogP contribution in [0, 0.1) is 0 Å². The van der Waals surface area contributed by atoms with E-state index in [9.17, 15) is 8.42 Å². The average Bonchev–Trinajstić information content (AvgIpc) is 2.83. The predicted octanol–water partition coefficient (Wildman–Crippen LogP) is 2.71. The Morgan fingerprint density at radius 2 is 2.21 bits per heavy atom. The minimum Gasteiger partial charge on any atom is -0.481 e. The molecule has 0 unspecified atom stereocenters. The number of hydrogen-bond acceptors (Lipinski definition) is 5. The first kappa shape index (κ1) is 14.6. The fourth-order valence-electron chi connectivity index (χ4n) is 1.34. The molecular weight excluding hydrogens is 378 g/mol. The van der Waals surface area contributed by atoms with E-state index in [0.29, 0.717) is 14.7 Å². The molecule has 0 saturated heterocycles. The number of halogens is 2. The summed E-state index contributed by atoms with van der Waals surface area (Å²) in [6.45, 7) is 0. The summed E-state index contributed by atoms with van der Waals surface area (Å²) in [4.78, 5) is 0. The summed E-state index contributed by atoms with van der Waals surface area (Å²) in [5, 5.41) is 4.33. The smallest absolute Gasteiger partial charge is 0.272 e. The van der Waals surface area contributed by atoms with Crippen molar-refractivity contribution in [3.05, 3.63) is 20.9 Å². The molecule has 2 heterocycles. The van der Waals surface area contributed by atoms with Crippen LogP contribution in [0.3, 0.4) is 0 Å². The van der Waals surface area contributed by atoms with Gasteiger partial charge in [0.1, 0.15) is 4.21 Å². The van der Waals surface area contributed by atoms with E-state index in [-0.39, 0.29) is 10.0 Å². The first-order valence-corrected chi connectivity index (χ1v) is 8.36. The first-order chi connectivity index (χ1) is 8.83. The van der Waals surface area contributed by atoms with Crippen molar-refractivity contribution in [1.82, 2.24) is 9.78 Å². The van der Waals surface area contributed by atoms with Crippen LogP contribution in [0.5, 0.6) is 5.88 Å². The molecule has 2 rings (SSSR count). The summed E-state index contributed by atoms with van der Waals surface area (Å²) in [6.07, 6.45) is 0. The van der Waals surface area contributed by atoms with Crippen LogP contribution in [0.15, 0.2) is 20.1 Å². The van der Waals surface area contributed by atoms with Crippen LogP contribution >= 0.6 is 38.9 Å². The Labute approximate surface area is 127 Å². The first-order valence-electron chi connectivity index (χ1n) is 4.89. The summed E-state index contributed by atoms with van der Waals surface area (Å²) >= 11 is 10.0. The summed E-state index contributed by atoms with van der Waals surface area (Å²) in [6, 6.07) is 2.86. The van der Waals surface area contributed by atoms with Gasteiger partial charge in [-0.2, -0.15) is 5.10 Å². The van der Waals surface area contributed by atoms with Crippen molar-refractivity contribution in [3.63, 3.8) is 0 Å². The van der Waals surface area contributed by atoms with Crippen molar-refractivity contribution in [1.29, 1.82) is 0 Å². The topological polar surface area (TPSA) is 73.2 Å². The molecule has 2 aromatic heterocycles. The number of thiophene rings is 1. The second-order valence-corrected chi connectivity index (χ2v) is 8.17. The Balaban J connectivity index is 2.30. The van der Waals surface area contributed by atoms with Crippen LogP contribution in [0.2, 0.25) is 5.02 Å². The van der Waals surface area contributed by atoms with Crippen LogP contribution in [0.25, 0.3) is 0 Å². The van der Waals surface area contributed by atoms with Gasteiger partial charge in [-0.05, 0) is 22.0 Å². The Hall–Kier alpha value is -0.770. The maximum atomic E-state index is 12.1. The van der Waals surface area contributed by atoms with Crippen LogP contribution in [0.4, 0.5) is 5.82 Å². The number of nitrogens with one attached hydrogen (secondary N) is 1. The van der Waals surface area contributed by atoms with Crippen LogP contribution < -0.4 is 9.46 Å². The molecule has 0 spiro atoms. The van der Waals surface area contributed by atoms with E-state index >= 15 is 0 Å². The molecule has 0 radical (unpaired) electrons. The highest BCUT2D eigenvalue weighted by molar-refractivity contribution is 9.11. The van der Waals surface area contributed by atoms with Crippen LogP contribution in [-0.2, 0) is 17.1 Å². The van der Waals surface area contributed by atoms with E-state index < -0.39 is 10.0 Å². The number of aromatic nitrogens is 2. The third-order valence-electron chi connectivity index (χ3n) is 2.17. The molecule has 19 heavy (non-hydrogen) atoms. The molecule has 104 valence electrons. The maximum absolute atomic E-state index is 12.1. The molecule has 0 amide bonds. The van der Waals surface area contributed by atoms with Gasteiger partial charge in [-0.25, -0.2) is 13.1 Å². The molecule has 1 N–H and O–H groups in total. The third-order valence-corrected chi connectivity index (χ3v) is 6.48. The van der Waals surface area contributed by atoms with Crippen molar-refractivity contribution in [2.75, 3.05) is 11.8 Å². The summed E-state index contributed by atoms with van der Waals surface area (Å²) in [5.41, 5.74) is 0. The second-order valence-electron chi connectivity index (χ2n) is 3.49. The lowest BCUT2D eigenvalue weighted by Gasteiger charge is -2.01. The monoisotopic (exact) mass is 385 g/mol. The van der Waals surface area contributed by atoms with Crippen molar-refractivity contribution in [2.45, 2.75) is 4.21 Å². The normalized spacial score (nSPS) is 11.6. The molecule has 0 atom stereocenters. The predicted molar refractivity (Wildman–Crippen MR) is 77.6 cm³/mol. The number of sulfonamides is 1. The molecule has 2 aromatic rings. The van der Waals surface area contributed by atoms with Crippen molar-refractivity contribution >= 4 is 54.7 Å². The highest BCUT2D eigenvalue weighted by Gasteiger charge is 2.20. The molecule has 0 aliphatic carbocycles. The van der Waals surface area contributed by atoms with E-state index in [1.807, 2.05) is 0 Å². The number of rotatable bonds is 4. The lowest BCUT2D eigenvalue weighted by molar-refractivity contribution is 0.373.